The van der Waals surface area contributed by atoms with Gasteiger partial charge < -0.3 is 20.1 Å². The van der Waals surface area contributed by atoms with Crippen LogP contribution in [0.1, 0.15) is 5.69 Å². The predicted molar refractivity (Wildman–Crippen MR) is 125 cm³/mol. The SMILES string of the molecule is C=CCn1c(C#CCN(C(=O)O)c2ccc(S(C)(=O)=O)cc2OC)cc2c(N)cccc21. The molecule has 2 aromatic carbocycles. The van der Waals surface area contributed by atoms with Crippen molar-refractivity contribution in [2.45, 2.75) is 11.4 Å². The third-order valence-corrected chi connectivity index (χ3v) is 5.96. The Morgan fingerprint density at radius 1 is 1.31 bits per heavy atom. The van der Waals surface area contributed by atoms with Gasteiger partial charge in [-0.15, -0.1) is 6.58 Å². The summed E-state index contributed by atoms with van der Waals surface area (Å²) in [5.74, 6) is 6.01. The number of amides is 1. The minimum atomic E-state index is -3.47. The molecule has 0 saturated heterocycles. The number of aromatic nitrogens is 1. The second kappa shape index (κ2) is 9.08. The Balaban J connectivity index is 1.99. The summed E-state index contributed by atoms with van der Waals surface area (Å²) in [6, 6.07) is 11.5. The van der Waals surface area contributed by atoms with Crippen molar-refractivity contribution in [1.29, 1.82) is 0 Å². The predicted octanol–water partition coefficient (Wildman–Crippen LogP) is 3.36. The number of nitrogen functional groups attached to an aromatic ring is 1. The zero-order valence-corrected chi connectivity index (χ0v) is 18.5. The van der Waals surface area contributed by atoms with E-state index in [1.807, 2.05) is 22.8 Å². The fourth-order valence-electron chi connectivity index (χ4n) is 3.31. The van der Waals surface area contributed by atoms with Gasteiger partial charge in [0.2, 0.25) is 0 Å². The van der Waals surface area contributed by atoms with Gasteiger partial charge in [-0.3, -0.25) is 4.90 Å². The minimum absolute atomic E-state index is 0.0288. The van der Waals surface area contributed by atoms with Crippen LogP contribution in [0.5, 0.6) is 5.75 Å². The molecule has 3 rings (SSSR count). The zero-order chi connectivity index (χ0) is 23.5. The molecule has 1 heterocycles. The Hall–Kier alpha value is -3.90. The van der Waals surface area contributed by atoms with Crippen LogP contribution in [0.25, 0.3) is 10.9 Å². The van der Waals surface area contributed by atoms with Crippen LogP contribution >= 0.6 is 0 Å². The van der Waals surface area contributed by atoms with Crippen molar-refractivity contribution in [1.82, 2.24) is 4.57 Å². The number of hydrogen-bond donors (Lipinski definition) is 2. The summed E-state index contributed by atoms with van der Waals surface area (Å²) in [5, 5.41) is 10.6. The highest BCUT2D eigenvalue weighted by molar-refractivity contribution is 7.90. The van der Waals surface area contributed by atoms with Gasteiger partial charge in [0, 0.05) is 29.9 Å². The molecular formula is C23H23N3O5S. The van der Waals surface area contributed by atoms with E-state index in [0.29, 0.717) is 17.9 Å². The molecule has 0 fully saturated rings. The van der Waals surface area contributed by atoms with E-state index < -0.39 is 15.9 Å². The average Bonchev–Trinajstić information content (AvgIpc) is 3.09. The van der Waals surface area contributed by atoms with Crippen LogP contribution < -0.4 is 15.4 Å². The Kier molecular flexibility index (Phi) is 6.46. The molecule has 0 atom stereocenters. The fourth-order valence-corrected chi connectivity index (χ4v) is 3.95. The van der Waals surface area contributed by atoms with Gasteiger partial charge in [0.1, 0.15) is 5.75 Å². The lowest BCUT2D eigenvalue weighted by Gasteiger charge is -2.19. The Bertz CT molecular complexity index is 1360. The number of rotatable bonds is 6. The molecule has 0 aliphatic heterocycles. The smallest absolute Gasteiger partial charge is 0.412 e. The number of fused-ring (bicyclic) bond motifs is 1. The number of nitrogens with two attached hydrogens (primary N) is 1. The van der Waals surface area contributed by atoms with Gasteiger partial charge in [-0.2, -0.15) is 0 Å². The molecule has 1 aromatic heterocycles. The first kappa shape index (κ1) is 22.8. The van der Waals surface area contributed by atoms with E-state index in [0.717, 1.165) is 22.1 Å². The highest BCUT2D eigenvalue weighted by Crippen LogP contribution is 2.31. The first-order chi connectivity index (χ1) is 15.2. The molecule has 0 radical (unpaired) electrons. The number of sulfone groups is 1. The van der Waals surface area contributed by atoms with Crippen LogP contribution in [0.15, 0.2) is 60.0 Å². The van der Waals surface area contributed by atoms with Crippen molar-refractivity contribution in [2.24, 2.45) is 0 Å². The van der Waals surface area contributed by atoms with Gasteiger partial charge in [-0.1, -0.05) is 18.1 Å². The maximum absolute atomic E-state index is 11.9. The van der Waals surface area contributed by atoms with E-state index in [4.69, 9.17) is 10.5 Å². The number of methoxy groups -OCH3 is 1. The second-order valence-electron chi connectivity index (χ2n) is 6.99. The third kappa shape index (κ3) is 4.55. The molecule has 0 aliphatic rings. The van der Waals surface area contributed by atoms with Crippen molar-refractivity contribution in [3.63, 3.8) is 0 Å². The van der Waals surface area contributed by atoms with Crippen molar-refractivity contribution in [2.75, 3.05) is 30.5 Å². The van der Waals surface area contributed by atoms with Crippen molar-refractivity contribution in [3.05, 3.63) is 60.8 Å². The van der Waals surface area contributed by atoms with Crippen molar-refractivity contribution >= 4 is 38.2 Å². The van der Waals surface area contributed by atoms with Gasteiger partial charge >= 0.3 is 6.09 Å². The van der Waals surface area contributed by atoms with Crippen LogP contribution in [-0.2, 0) is 16.4 Å². The van der Waals surface area contributed by atoms with Gasteiger partial charge in [0.05, 0.1) is 35.4 Å². The van der Waals surface area contributed by atoms with E-state index >= 15 is 0 Å². The summed E-state index contributed by atoms with van der Waals surface area (Å²) in [6.07, 6.45) is 1.56. The molecule has 32 heavy (non-hydrogen) atoms. The number of carboxylic acid groups (broad SMARTS) is 1. The van der Waals surface area contributed by atoms with Crippen LogP contribution in [-0.4, -0.2) is 44.1 Å². The third-order valence-electron chi connectivity index (χ3n) is 4.85. The molecule has 3 N–H and O–H groups in total. The van der Waals surface area contributed by atoms with E-state index in [1.54, 1.807) is 12.1 Å². The number of carbonyl (C=O) groups is 1. The monoisotopic (exact) mass is 453 g/mol. The fraction of sp³-hybridized carbons (Fsp3) is 0.174. The molecule has 3 aromatic rings. The van der Waals surface area contributed by atoms with Crippen molar-refractivity contribution in [3.8, 4) is 17.6 Å². The quantitative estimate of drug-likeness (QED) is 0.336. The lowest BCUT2D eigenvalue weighted by Crippen LogP contribution is -2.30. The molecule has 1 amide bonds. The molecule has 0 spiro atoms. The van der Waals surface area contributed by atoms with Crippen LogP contribution in [0.3, 0.4) is 0 Å². The Morgan fingerprint density at radius 2 is 2.06 bits per heavy atom. The standard InChI is InChI=1S/C23H23N3O5S/c1-4-12-25-16(14-18-19(24)8-5-9-20(18)25)7-6-13-26(23(27)28)21-11-10-17(32(3,29)30)15-22(21)31-2/h4-5,8-11,14-15H,1,12-13,24H2,2-3H3,(H,27,28). The zero-order valence-electron chi connectivity index (χ0n) is 17.7. The summed E-state index contributed by atoms with van der Waals surface area (Å²) in [6.45, 7) is 4.13. The molecule has 0 saturated carbocycles. The summed E-state index contributed by atoms with van der Waals surface area (Å²) < 4.78 is 30.8. The van der Waals surface area contributed by atoms with Gasteiger partial charge in [-0.05, 0) is 36.3 Å². The number of anilines is 2. The van der Waals surface area contributed by atoms with E-state index in [9.17, 15) is 18.3 Å². The van der Waals surface area contributed by atoms with E-state index in [1.165, 1.54) is 25.3 Å². The lowest BCUT2D eigenvalue weighted by molar-refractivity contribution is 0.202. The molecule has 166 valence electrons. The van der Waals surface area contributed by atoms with Gasteiger partial charge in [0.15, 0.2) is 9.84 Å². The van der Waals surface area contributed by atoms with Crippen molar-refractivity contribution < 1.29 is 23.1 Å². The molecule has 0 bridgehead atoms. The highest BCUT2D eigenvalue weighted by atomic mass is 32.2. The van der Waals surface area contributed by atoms with Gasteiger partial charge in [0.25, 0.3) is 0 Å². The van der Waals surface area contributed by atoms with E-state index in [2.05, 4.69) is 18.4 Å². The number of benzene rings is 2. The largest absolute Gasteiger partial charge is 0.495 e. The topological polar surface area (TPSA) is 115 Å². The number of nitrogens with zero attached hydrogens (tertiary/aromatic N) is 2. The van der Waals surface area contributed by atoms with Crippen LogP contribution in [0.2, 0.25) is 0 Å². The first-order valence-electron chi connectivity index (χ1n) is 9.53. The van der Waals surface area contributed by atoms with Crippen LogP contribution in [0, 0.1) is 11.8 Å². The van der Waals surface area contributed by atoms with Gasteiger partial charge in [-0.25, -0.2) is 13.2 Å². The maximum atomic E-state index is 11.9. The number of hydrogen-bond acceptors (Lipinski definition) is 5. The van der Waals surface area contributed by atoms with Crippen LogP contribution in [0.4, 0.5) is 16.2 Å². The molecule has 0 aliphatic carbocycles. The molecule has 0 unspecified atom stereocenters. The first-order valence-corrected chi connectivity index (χ1v) is 11.4. The average molecular weight is 454 g/mol. The Morgan fingerprint density at radius 3 is 2.69 bits per heavy atom. The Labute approximate surface area is 186 Å². The summed E-state index contributed by atoms with van der Waals surface area (Å²) >= 11 is 0. The lowest BCUT2D eigenvalue weighted by atomic mass is 10.2. The van der Waals surface area contributed by atoms with E-state index in [-0.39, 0.29) is 22.9 Å². The number of ether oxygens (including phenoxy) is 1. The number of allylic oxidation sites excluding steroid dienone is 1. The minimum Gasteiger partial charge on any atom is -0.495 e. The summed E-state index contributed by atoms with van der Waals surface area (Å²) in [4.78, 5) is 12.9. The second-order valence-corrected chi connectivity index (χ2v) is 9.00. The molecular weight excluding hydrogens is 430 g/mol. The summed E-state index contributed by atoms with van der Waals surface area (Å²) in [5.41, 5.74) is 8.46. The summed E-state index contributed by atoms with van der Waals surface area (Å²) in [7, 11) is -2.13. The highest BCUT2D eigenvalue weighted by Gasteiger charge is 2.20. The molecule has 9 heteroatoms. The maximum Gasteiger partial charge on any atom is 0.412 e. The normalized spacial score (nSPS) is 10.9. The molecule has 8 nitrogen and oxygen atoms in total.